The Labute approximate surface area is 66.7 Å². The lowest BCUT2D eigenvalue weighted by molar-refractivity contribution is 0.184. The summed E-state index contributed by atoms with van der Waals surface area (Å²) in [5.41, 5.74) is 5.14. The van der Waals surface area contributed by atoms with Crippen LogP contribution in [0.25, 0.3) is 0 Å². The van der Waals surface area contributed by atoms with Gasteiger partial charge in [0, 0.05) is 19.1 Å². The van der Waals surface area contributed by atoms with Crippen molar-refractivity contribution in [2.75, 3.05) is 20.1 Å². The molecule has 1 fully saturated rings. The van der Waals surface area contributed by atoms with Crippen LogP contribution in [0.4, 0.5) is 4.79 Å². The van der Waals surface area contributed by atoms with E-state index in [2.05, 4.69) is 5.32 Å². The highest BCUT2D eigenvalue weighted by molar-refractivity contribution is 5.72. The molecule has 4 nitrogen and oxygen atoms in total. The van der Waals surface area contributed by atoms with E-state index < -0.39 is 0 Å². The molecule has 0 radical (unpaired) electrons. The van der Waals surface area contributed by atoms with Crippen molar-refractivity contribution in [2.45, 2.75) is 18.9 Å². The van der Waals surface area contributed by atoms with E-state index in [9.17, 15) is 4.79 Å². The molecule has 0 spiro atoms. The van der Waals surface area contributed by atoms with E-state index in [4.69, 9.17) is 5.73 Å². The molecule has 3 N–H and O–H groups in total. The molecule has 0 aromatic heterocycles. The van der Waals surface area contributed by atoms with Gasteiger partial charge in [0.05, 0.1) is 0 Å². The summed E-state index contributed by atoms with van der Waals surface area (Å²) in [4.78, 5) is 12.4. The molecule has 0 unspecified atom stereocenters. The van der Waals surface area contributed by atoms with Crippen LogP contribution in [-0.2, 0) is 0 Å². The highest BCUT2D eigenvalue weighted by Crippen LogP contribution is 2.08. The lowest BCUT2D eigenvalue weighted by Crippen LogP contribution is -2.48. The maximum absolute atomic E-state index is 10.7. The number of amides is 2. The van der Waals surface area contributed by atoms with Crippen molar-refractivity contribution in [1.29, 1.82) is 0 Å². The van der Waals surface area contributed by atoms with Gasteiger partial charge in [0.25, 0.3) is 0 Å². The van der Waals surface area contributed by atoms with Crippen molar-refractivity contribution in [1.82, 2.24) is 10.2 Å². The third-order valence-electron chi connectivity index (χ3n) is 2.14. The van der Waals surface area contributed by atoms with Crippen LogP contribution in [0.3, 0.4) is 0 Å². The van der Waals surface area contributed by atoms with E-state index >= 15 is 0 Å². The first kappa shape index (κ1) is 8.33. The second-order valence-corrected chi connectivity index (χ2v) is 2.91. The quantitative estimate of drug-likeness (QED) is 0.551. The summed E-state index contributed by atoms with van der Waals surface area (Å²) in [6.45, 7) is 1.57. The van der Waals surface area contributed by atoms with Gasteiger partial charge in [0.2, 0.25) is 0 Å². The molecule has 11 heavy (non-hydrogen) atoms. The van der Waals surface area contributed by atoms with Crippen LogP contribution < -0.4 is 11.1 Å². The number of likely N-dealkylation sites (N-methyl/N-ethyl adjacent to an activating group) is 1. The third-order valence-corrected chi connectivity index (χ3v) is 2.14. The SMILES string of the molecule is CN[C@@H]1CCCN(C(N)=O)C1. The Balaban J connectivity index is 2.39. The van der Waals surface area contributed by atoms with Gasteiger partial charge in [-0.1, -0.05) is 0 Å². The number of likely N-dealkylation sites (tertiary alicyclic amines) is 1. The van der Waals surface area contributed by atoms with Gasteiger partial charge in [-0.25, -0.2) is 4.79 Å². The Bertz CT molecular complexity index is 149. The van der Waals surface area contributed by atoms with E-state index in [-0.39, 0.29) is 6.03 Å². The topological polar surface area (TPSA) is 58.4 Å². The van der Waals surface area contributed by atoms with Gasteiger partial charge < -0.3 is 16.0 Å². The Kier molecular flexibility index (Phi) is 2.70. The minimum Gasteiger partial charge on any atom is -0.351 e. The zero-order valence-electron chi connectivity index (χ0n) is 6.84. The van der Waals surface area contributed by atoms with Gasteiger partial charge in [0.1, 0.15) is 0 Å². The number of nitrogens with one attached hydrogen (secondary N) is 1. The molecule has 4 heteroatoms. The number of hydrogen-bond acceptors (Lipinski definition) is 2. The third kappa shape index (κ3) is 2.08. The van der Waals surface area contributed by atoms with Crippen molar-refractivity contribution in [3.63, 3.8) is 0 Å². The van der Waals surface area contributed by atoms with E-state index in [0.29, 0.717) is 6.04 Å². The van der Waals surface area contributed by atoms with Crippen molar-refractivity contribution in [2.24, 2.45) is 5.73 Å². The molecule has 0 bridgehead atoms. The zero-order valence-corrected chi connectivity index (χ0v) is 6.84. The molecule has 2 amide bonds. The van der Waals surface area contributed by atoms with Crippen LogP contribution in [0.1, 0.15) is 12.8 Å². The summed E-state index contributed by atoms with van der Waals surface area (Å²) in [6, 6.07) is 0.126. The number of piperidine rings is 1. The predicted molar refractivity (Wildman–Crippen MR) is 43.2 cm³/mol. The molecule has 1 heterocycles. The first-order valence-electron chi connectivity index (χ1n) is 3.95. The molecule has 64 valence electrons. The second kappa shape index (κ2) is 3.57. The Morgan fingerprint density at radius 1 is 1.73 bits per heavy atom. The number of primary amides is 1. The van der Waals surface area contributed by atoms with Crippen molar-refractivity contribution in [3.8, 4) is 0 Å². The van der Waals surface area contributed by atoms with E-state index in [0.717, 1.165) is 25.9 Å². The van der Waals surface area contributed by atoms with Crippen LogP contribution in [0.5, 0.6) is 0 Å². The average molecular weight is 157 g/mol. The van der Waals surface area contributed by atoms with Crippen LogP contribution in [0.2, 0.25) is 0 Å². The molecule has 0 aliphatic carbocycles. The summed E-state index contributed by atoms with van der Waals surface area (Å²) in [6.07, 6.45) is 2.19. The minimum absolute atomic E-state index is 0.301. The van der Waals surface area contributed by atoms with Gasteiger partial charge in [-0.3, -0.25) is 0 Å². The van der Waals surface area contributed by atoms with Crippen LogP contribution in [0, 0.1) is 0 Å². The summed E-state index contributed by atoms with van der Waals surface area (Å²) in [5.74, 6) is 0. The largest absolute Gasteiger partial charge is 0.351 e. The van der Waals surface area contributed by atoms with E-state index in [1.165, 1.54) is 0 Å². The number of nitrogens with zero attached hydrogens (tertiary/aromatic N) is 1. The zero-order chi connectivity index (χ0) is 8.27. The molecule has 1 aliphatic rings. The van der Waals surface area contributed by atoms with Gasteiger partial charge in [-0.2, -0.15) is 0 Å². The maximum Gasteiger partial charge on any atom is 0.314 e. The van der Waals surface area contributed by atoms with Crippen molar-refractivity contribution >= 4 is 6.03 Å². The summed E-state index contributed by atoms with van der Waals surface area (Å²) in [5, 5.41) is 3.14. The fraction of sp³-hybridized carbons (Fsp3) is 0.857. The van der Waals surface area contributed by atoms with Gasteiger partial charge in [-0.05, 0) is 19.9 Å². The minimum atomic E-state index is -0.301. The monoisotopic (exact) mass is 157 g/mol. The number of hydrogen-bond donors (Lipinski definition) is 2. The molecule has 1 aliphatic heterocycles. The summed E-state index contributed by atoms with van der Waals surface area (Å²) in [7, 11) is 1.91. The highest BCUT2D eigenvalue weighted by Gasteiger charge is 2.19. The molecule has 0 aromatic carbocycles. The second-order valence-electron chi connectivity index (χ2n) is 2.91. The Morgan fingerprint density at radius 3 is 3.00 bits per heavy atom. The predicted octanol–water partition coefficient (Wildman–Crippen LogP) is -0.251. The smallest absolute Gasteiger partial charge is 0.314 e. The molecule has 0 saturated carbocycles. The maximum atomic E-state index is 10.7. The van der Waals surface area contributed by atoms with Crippen LogP contribution in [0.15, 0.2) is 0 Å². The van der Waals surface area contributed by atoms with Gasteiger partial charge in [0.15, 0.2) is 0 Å². The number of rotatable bonds is 1. The standard InChI is InChI=1S/C7H15N3O/c1-9-6-3-2-4-10(5-6)7(8)11/h6,9H,2-5H2,1H3,(H2,8,11)/t6-/m1/s1. The number of carbonyl (C=O) groups excluding carboxylic acids is 1. The van der Waals surface area contributed by atoms with Crippen molar-refractivity contribution < 1.29 is 4.79 Å². The Hall–Kier alpha value is -0.770. The number of urea groups is 1. The lowest BCUT2D eigenvalue weighted by atomic mass is 10.1. The summed E-state index contributed by atoms with van der Waals surface area (Å²) < 4.78 is 0. The number of carbonyl (C=O) groups is 1. The molecule has 1 rings (SSSR count). The molecule has 0 aromatic rings. The van der Waals surface area contributed by atoms with Crippen LogP contribution >= 0.6 is 0 Å². The molecular formula is C7H15N3O. The van der Waals surface area contributed by atoms with Crippen LogP contribution in [-0.4, -0.2) is 37.1 Å². The fourth-order valence-corrected chi connectivity index (χ4v) is 1.41. The lowest BCUT2D eigenvalue weighted by Gasteiger charge is -2.31. The fourth-order valence-electron chi connectivity index (χ4n) is 1.41. The highest BCUT2D eigenvalue weighted by atomic mass is 16.2. The van der Waals surface area contributed by atoms with Crippen molar-refractivity contribution in [3.05, 3.63) is 0 Å². The molecular weight excluding hydrogens is 142 g/mol. The number of nitrogens with two attached hydrogens (primary N) is 1. The molecule has 1 atom stereocenters. The molecule has 1 saturated heterocycles. The summed E-state index contributed by atoms with van der Waals surface area (Å²) >= 11 is 0. The van der Waals surface area contributed by atoms with E-state index in [1.807, 2.05) is 7.05 Å². The Morgan fingerprint density at radius 2 is 2.45 bits per heavy atom. The van der Waals surface area contributed by atoms with E-state index in [1.54, 1.807) is 4.90 Å². The first-order chi connectivity index (χ1) is 5.24. The first-order valence-corrected chi connectivity index (χ1v) is 3.95. The van der Waals surface area contributed by atoms with Gasteiger partial charge in [-0.15, -0.1) is 0 Å². The normalized spacial score (nSPS) is 25.2. The van der Waals surface area contributed by atoms with Gasteiger partial charge >= 0.3 is 6.03 Å². The average Bonchev–Trinajstić information content (AvgIpc) is 2.05.